The maximum absolute atomic E-state index is 13.2. The standard InChI is InChI=1S/C19H14FNO3S/c1-24-15-7-5-13(6-8-15)16(22)11-18-21-19(23)17(25-18)10-12-3-2-4-14(20)9-12/h2-11H,1H3,(H,21,23)/b17-10-,18-11-. The second kappa shape index (κ2) is 7.27. The van der Waals surface area contributed by atoms with Gasteiger partial charge < -0.3 is 9.72 Å². The van der Waals surface area contributed by atoms with E-state index >= 15 is 0 Å². The van der Waals surface area contributed by atoms with Crippen molar-refractivity contribution in [1.82, 2.24) is 4.98 Å². The molecular weight excluding hydrogens is 341 g/mol. The van der Waals surface area contributed by atoms with Crippen LogP contribution in [0.25, 0.3) is 12.2 Å². The number of Topliss-reactive ketones (excluding diaryl/α,β-unsaturated/α-hetero) is 1. The minimum atomic E-state index is -0.372. The van der Waals surface area contributed by atoms with Crippen molar-refractivity contribution < 1.29 is 13.9 Å². The van der Waals surface area contributed by atoms with E-state index in [4.69, 9.17) is 4.74 Å². The fourth-order valence-electron chi connectivity index (χ4n) is 2.23. The number of hydrogen-bond donors (Lipinski definition) is 1. The number of halogens is 1. The van der Waals surface area contributed by atoms with Crippen molar-refractivity contribution in [3.63, 3.8) is 0 Å². The van der Waals surface area contributed by atoms with Gasteiger partial charge in [-0.2, -0.15) is 0 Å². The highest BCUT2D eigenvalue weighted by Crippen LogP contribution is 2.12. The van der Waals surface area contributed by atoms with Crippen LogP contribution in [-0.2, 0) is 0 Å². The monoisotopic (exact) mass is 355 g/mol. The Labute approximate surface area is 146 Å². The van der Waals surface area contributed by atoms with Crippen molar-refractivity contribution in [2.75, 3.05) is 7.11 Å². The number of carbonyl (C=O) groups is 1. The summed E-state index contributed by atoms with van der Waals surface area (Å²) < 4.78 is 19.1. The number of aromatic nitrogens is 1. The summed E-state index contributed by atoms with van der Waals surface area (Å²) in [6.45, 7) is 0. The van der Waals surface area contributed by atoms with Gasteiger partial charge in [0.2, 0.25) is 0 Å². The highest BCUT2D eigenvalue weighted by molar-refractivity contribution is 7.07. The topological polar surface area (TPSA) is 59.2 Å². The summed E-state index contributed by atoms with van der Waals surface area (Å²) in [5, 5.41) is 0. The number of benzene rings is 2. The van der Waals surface area contributed by atoms with Crippen LogP contribution in [-0.4, -0.2) is 17.9 Å². The molecule has 6 heteroatoms. The van der Waals surface area contributed by atoms with Crippen LogP contribution in [0.2, 0.25) is 0 Å². The molecular formula is C19H14FNO3S. The Morgan fingerprint density at radius 1 is 1.20 bits per heavy atom. The largest absolute Gasteiger partial charge is 0.497 e. The van der Waals surface area contributed by atoms with Crippen LogP contribution >= 0.6 is 11.3 Å². The van der Waals surface area contributed by atoms with Crippen molar-refractivity contribution in [1.29, 1.82) is 0 Å². The Morgan fingerprint density at radius 2 is 1.96 bits per heavy atom. The molecule has 0 radical (unpaired) electrons. The predicted octanol–water partition coefficient (Wildman–Crippen LogP) is 2.08. The third-order valence-corrected chi connectivity index (χ3v) is 4.43. The first-order valence-electron chi connectivity index (χ1n) is 7.42. The van der Waals surface area contributed by atoms with Gasteiger partial charge in [-0.15, -0.1) is 11.3 Å². The van der Waals surface area contributed by atoms with Crippen LogP contribution in [0.5, 0.6) is 5.75 Å². The second-order valence-electron chi connectivity index (χ2n) is 5.22. The normalized spacial score (nSPS) is 12.4. The van der Waals surface area contributed by atoms with Gasteiger partial charge in [-0.3, -0.25) is 9.59 Å². The third kappa shape index (κ3) is 4.10. The third-order valence-electron chi connectivity index (χ3n) is 3.46. The van der Waals surface area contributed by atoms with E-state index in [-0.39, 0.29) is 17.2 Å². The predicted molar refractivity (Wildman–Crippen MR) is 95.9 cm³/mol. The maximum atomic E-state index is 13.2. The molecule has 0 amide bonds. The molecule has 2 aromatic carbocycles. The SMILES string of the molecule is COc1ccc(C(=O)/C=c2/[nH]c(=O)/c(=C/c3cccc(F)c3)s2)cc1. The van der Waals surface area contributed by atoms with E-state index in [0.717, 1.165) is 11.3 Å². The number of aromatic amines is 1. The number of rotatable bonds is 4. The van der Waals surface area contributed by atoms with Crippen LogP contribution in [0, 0.1) is 5.82 Å². The number of H-pyrrole nitrogens is 1. The molecule has 0 bridgehead atoms. The minimum absolute atomic E-state index is 0.225. The van der Waals surface area contributed by atoms with E-state index in [1.165, 1.54) is 18.2 Å². The summed E-state index contributed by atoms with van der Waals surface area (Å²) in [7, 11) is 1.55. The van der Waals surface area contributed by atoms with Gasteiger partial charge in [-0.1, -0.05) is 12.1 Å². The zero-order chi connectivity index (χ0) is 17.8. The summed E-state index contributed by atoms with van der Waals surface area (Å²) in [4.78, 5) is 26.9. The van der Waals surface area contributed by atoms with Crippen LogP contribution in [0.1, 0.15) is 15.9 Å². The van der Waals surface area contributed by atoms with E-state index in [0.29, 0.717) is 26.1 Å². The van der Waals surface area contributed by atoms with Crippen LogP contribution in [0.4, 0.5) is 4.39 Å². The molecule has 0 atom stereocenters. The molecule has 0 aliphatic heterocycles. The molecule has 4 nitrogen and oxygen atoms in total. The molecule has 1 N–H and O–H groups in total. The first-order chi connectivity index (χ1) is 12.0. The summed E-state index contributed by atoms with van der Waals surface area (Å²) in [6, 6.07) is 12.7. The highest BCUT2D eigenvalue weighted by atomic mass is 32.1. The average Bonchev–Trinajstić information content (AvgIpc) is 2.94. The summed E-state index contributed by atoms with van der Waals surface area (Å²) in [5.74, 6) is 0.0636. The summed E-state index contributed by atoms with van der Waals surface area (Å²) in [6.07, 6.45) is 2.96. The fraction of sp³-hybridized carbons (Fsp3) is 0.0526. The van der Waals surface area contributed by atoms with Crippen molar-refractivity contribution in [2.24, 2.45) is 0 Å². The van der Waals surface area contributed by atoms with Crippen molar-refractivity contribution >= 4 is 29.3 Å². The number of methoxy groups -OCH3 is 1. The minimum Gasteiger partial charge on any atom is -0.497 e. The van der Waals surface area contributed by atoms with Gasteiger partial charge >= 0.3 is 0 Å². The number of nitrogens with one attached hydrogen (secondary N) is 1. The van der Waals surface area contributed by atoms with Gasteiger partial charge in [0.05, 0.1) is 16.3 Å². The van der Waals surface area contributed by atoms with E-state index in [2.05, 4.69) is 4.98 Å². The van der Waals surface area contributed by atoms with Crippen LogP contribution in [0.15, 0.2) is 53.3 Å². The molecule has 0 unspecified atom stereocenters. The Kier molecular flexibility index (Phi) is 4.90. The average molecular weight is 355 g/mol. The van der Waals surface area contributed by atoms with Gasteiger partial charge in [0.1, 0.15) is 11.6 Å². The van der Waals surface area contributed by atoms with Gasteiger partial charge in [-0.05, 0) is 48.0 Å². The van der Waals surface area contributed by atoms with E-state index in [1.54, 1.807) is 49.6 Å². The molecule has 0 aliphatic carbocycles. The zero-order valence-electron chi connectivity index (χ0n) is 13.3. The van der Waals surface area contributed by atoms with Crippen molar-refractivity contribution in [3.8, 4) is 5.75 Å². The van der Waals surface area contributed by atoms with Crippen molar-refractivity contribution in [3.05, 3.63) is 85.0 Å². The molecule has 0 spiro atoms. The lowest BCUT2D eigenvalue weighted by atomic mass is 10.1. The quantitative estimate of drug-likeness (QED) is 0.729. The molecule has 3 aromatic rings. The molecule has 126 valence electrons. The molecule has 1 aromatic heterocycles. The highest BCUT2D eigenvalue weighted by Gasteiger charge is 2.04. The van der Waals surface area contributed by atoms with E-state index in [1.807, 2.05) is 0 Å². The molecule has 3 rings (SSSR count). The Hall–Kier alpha value is -2.99. The lowest BCUT2D eigenvalue weighted by Gasteiger charge is -1.99. The lowest BCUT2D eigenvalue weighted by Crippen LogP contribution is -2.20. The Balaban J connectivity index is 1.94. The summed E-state index contributed by atoms with van der Waals surface area (Å²) in [5.41, 5.74) is 0.758. The number of thiazole rings is 1. The Bertz CT molecular complexity index is 1080. The fourth-order valence-corrected chi connectivity index (χ4v) is 3.12. The number of ketones is 1. The van der Waals surface area contributed by atoms with Crippen LogP contribution < -0.4 is 19.5 Å². The molecule has 1 heterocycles. The van der Waals surface area contributed by atoms with Gasteiger partial charge in [0.15, 0.2) is 5.78 Å². The smallest absolute Gasteiger partial charge is 0.266 e. The molecule has 0 fully saturated rings. The summed E-state index contributed by atoms with van der Waals surface area (Å²) >= 11 is 1.14. The van der Waals surface area contributed by atoms with E-state index < -0.39 is 0 Å². The van der Waals surface area contributed by atoms with Gasteiger partial charge in [-0.25, -0.2) is 4.39 Å². The zero-order valence-corrected chi connectivity index (χ0v) is 14.1. The Morgan fingerprint density at radius 3 is 2.64 bits per heavy atom. The lowest BCUT2D eigenvalue weighted by molar-refractivity contribution is 0.106. The first-order valence-corrected chi connectivity index (χ1v) is 8.23. The molecule has 0 saturated heterocycles. The van der Waals surface area contributed by atoms with Gasteiger partial charge in [0, 0.05) is 11.6 Å². The second-order valence-corrected chi connectivity index (χ2v) is 6.30. The first kappa shape index (κ1) is 16.9. The van der Waals surface area contributed by atoms with Gasteiger partial charge in [0.25, 0.3) is 5.56 Å². The maximum Gasteiger partial charge on any atom is 0.266 e. The number of carbonyl (C=O) groups excluding carboxylic acids is 1. The van der Waals surface area contributed by atoms with E-state index in [9.17, 15) is 14.0 Å². The molecule has 0 aliphatic rings. The number of hydrogen-bond acceptors (Lipinski definition) is 4. The number of ether oxygens (including phenoxy) is 1. The molecule has 25 heavy (non-hydrogen) atoms. The molecule has 0 saturated carbocycles. The van der Waals surface area contributed by atoms with Crippen LogP contribution in [0.3, 0.4) is 0 Å². The van der Waals surface area contributed by atoms with Crippen molar-refractivity contribution in [2.45, 2.75) is 0 Å².